The van der Waals surface area contributed by atoms with Gasteiger partial charge >= 0.3 is 0 Å². The zero-order valence-electron chi connectivity index (χ0n) is 25.4. The first-order valence-electron chi connectivity index (χ1n) is 12.4. The average Bonchev–Trinajstić information content (AvgIpc) is 2.26. The molecular formula is C28H60OSi2. The van der Waals surface area contributed by atoms with E-state index in [1.807, 2.05) is 0 Å². The normalized spacial score (nSPS) is 16.5. The highest BCUT2D eigenvalue weighted by atomic mass is 28.4. The van der Waals surface area contributed by atoms with Gasteiger partial charge in [-0.2, -0.15) is 0 Å². The molecule has 0 heterocycles. The first-order chi connectivity index (χ1) is 13.0. The van der Waals surface area contributed by atoms with E-state index in [0.717, 1.165) is 0 Å². The lowest BCUT2D eigenvalue weighted by atomic mass is 9.55. The molecule has 0 aliphatic rings. The second-order valence-corrected chi connectivity index (χ2v) is 20.8. The Hall–Kier alpha value is 0.394. The predicted octanol–water partition coefficient (Wildman–Crippen LogP) is 10.0. The smallest absolute Gasteiger partial charge is 0.202 e. The van der Waals surface area contributed by atoms with Gasteiger partial charge in [0.2, 0.25) is 18.1 Å². The molecule has 0 aromatic carbocycles. The maximum absolute atomic E-state index is 7.54. The van der Waals surface area contributed by atoms with Crippen LogP contribution in [0.25, 0.3) is 0 Å². The van der Waals surface area contributed by atoms with Crippen LogP contribution in [0.1, 0.15) is 125 Å². The van der Waals surface area contributed by atoms with E-state index in [-0.39, 0.29) is 42.6 Å². The summed E-state index contributed by atoms with van der Waals surface area (Å²) < 4.78 is 7.54. The number of hydrogen-bond donors (Lipinski definition) is 0. The summed E-state index contributed by atoms with van der Waals surface area (Å²) in [5, 5.41) is 0.200. The summed E-state index contributed by atoms with van der Waals surface area (Å²) in [5.41, 5.74) is 0.849. The molecule has 0 aliphatic carbocycles. The Morgan fingerprint density at radius 1 is 0.323 bits per heavy atom. The van der Waals surface area contributed by atoms with Crippen LogP contribution in [0.2, 0.25) is 23.2 Å². The molecule has 0 atom stereocenters. The quantitative estimate of drug-likeness (QED) is 0.373. The number of rotatable bonds is 4. The Morgan fingerprint density at radius 2 is 0.452 bits per heavy atom. The summed E-state index contributed by atoms with van der Waals surface area (Å²) in [4.78, 5) is 0. The minimum Gasteiger partial charge on any atom is -0.455 e. The maximum Gasteiger partial charge on any atom is 0.202 e. The number of hydrogen-bond acceptors (Lipinski definition) is 1. The molecule has 2 radical (unpaired) electrons. The summed E-state index contributed by atoms with van der Waals surface area (Å²) >= 11 is 0. The minimum atomic E-state index is -1.17. The molecule has 0 spiro atoms. The van der Waals surface area contributed by atoms with Crippen molar-refractivity contribution >= 4 is 18.1 Å². The van der Waals surface area contributed by atoms with Crippen molar-refractivity contribution in [2.75, 3.05) is 0 Å². The van der Waals surface area contributed by atoms with Crippen molar-refractivity contribution in [1.29, 1.82) is 0 Å². The second-order valence-electron chi connectivity index (χ2n) is 16.2. The van der Waals surface area contributed by atoms with Crippen molar-refractivity contribution in [3.63, 3.8) is 0 Å². The minimum absolute atomic E-state index is 0.100. The van der Waals surface area contributed by atoms with E-state index in [9.17, 15) is 0 Å². The summed E-state index contributed by atoms with van der Waals surface area (Å²) in [6, 6.07) is 0. The van der Waals surface area contributed by atoms with E-state index >= 15 is 0 Å². The first-order valence-corrected chi connectivity index (χ1v) is 16.2. The van der Waals surface area contributed by atoms with Gasteiger partial charge in [0, 0.05) is 10.1 Å². The molecule has 0 amide bonds. The van der Waals surface area contributed by atoms with Gasteiger partial charge < -0.3 is 4.12 Å². The van der Waals surface area contributed by atoms with E-state index in [2.05, 4.69) is 138 Å². The van der Waals surface area contributed by atoms with Gasteiger partial charge in [-0.1, -0.05) is 125 Å². The Balaban J connectivity index is 7.02. The lowest BCUT2D eigenvalue weighted by Gasteiger charge is -2.66. The highest BCUT2D eigenvalue weighted by molar-refractivity contribution is 6.69. The molecule has 0 aliphatic heterocycles. The van der Waals surface area contributed by atoms with Crippen LogP contribution in [0.3, 0.4) is 0 Å². The summed E-state index contributed by atoms with van der Waals surface area (Å²) in [5.74, 6) is 0. The third-order valence-corrected chi connectivity index (χ3v) is 17.2. The zero-order valence-corrected chi connectivity index (χ0v) is 27.4. The second kappa shape index (κ2) is 8.56. The van der Waals surface area contributed by atoms with Crippen LogP contribution in [0, 0.1) is 32.5 Å². The molecule has 0 fully saturated rings. The molecule has 0 N–H and O–H groups in total. The third kappa shape index (κ3) is 4.94. The highest BCUT2D eigenvalue weighted by Gasteiger charge is 2.66. The van der Waals surface area contributed by atoms with Gasteiger partial charge in [-0.05, 0) is 45.6 Å². The fourth-order valence-electron chi connectivity index (χ4n) is 10.3. The van der Waals surface area contributed by atoms with Gasteiger partial charge in [0.1, 0.15) is 0 Å². The third-order valence-electron chi connectivity index (χ3n) is 8.11. The molecular weight excluding hydrogens is 408 g/mol. The average molecular weight is 469 g/mol. The lowest BCUT2D eigenvalue weighted by Crippen LogP contribution is -2.62. The molecule has 0 unspecified atom stereocenters. The van der Waals surface area contributed by atoms with Crippen LogP contribution in [0.5, 0.6) is 0 Å². The zero-order chi connectivity index (χ0) is 25.9. The SMILES string of the molecule is C[Si](O[Si](C)C(C(C)(C)C)(C(C)(C)C)C(C)(C)C)C(C(C)(C)C)(C(C)(C)C)C(C)(C)C. The van der Waals surface area contributed by atoms with Crippen LogP contribution in [0.15, 0.2) is 0 Å². The van der Waals surface area contributed by atoms with E-state index in [4.69, 9.17) is 4.12 Å². The van der Waals surface area contributed by atoms with Crippen LogP contribution in [-0.2, 0) is 4.12 Å². The molecule has 0 saturated carbocycles. The van der Waals surface area contributed by atoms with Crippen LogP contribution in [0.4, 0.5) is 0 Å². The molecule has 186 valence electrons. The van der Waals surface area contributed by atoms with E-state index in [0.29, 0.717) is 0 Å². The summed E-state index contributed by atoms with van der Waals surface area (Å²) in [7, 11) is -2.35. The topological polar surface area (TPSA) is 9.23 Å². The first kappa shape index (κ1) is 31.4. The molecule has 3 heteroatoms. The van der Waals surface area contributed by atoms with Gasteiger partial charge in [0.15, 0.2) is 0 Å². The largest absolute Gasteiger partial charge is 0.455 e. The van der Waals surface area contributed by atoms with Gasteiger partial charge in [-0.25, -0.2) is 0 Å². The van der Waals surface area contributed by atoms with Gasteiger partial charge in [0.25, 0.3) is 0 Å². The van der Waals surface area contributed by atoms with Crippen molar-refractivity contribution < 1.29 is 4.12 Å². The van der Waals surface area contributed by atoms with E-state index < -0.39 is 18.1 Å². The van der Waals surface area contributed by atoms with Crippen LogP contribution >= 0.6 is 0 Å². The van der Waals surface area contributed by atoms with Crippen molar-refractivity contribution in [1.82, 2.24) is 0 Å². The Bertz CT molecular complexity index is 466. The van der Waals surface area contributed by atoms with E-state index in [1.54, 1.807) is 0 Å². The fraction of sp³-hybridized carbons (Fsp3) is 1.00. The molecule has 0 rings (SSSR count). The van der Waals surface area contributed by atoms with Crippen LogP contribution in [-0.4, -0.2) is 18.1 Å². The predicted molar refractivity (Wildman–Crippen MR) is 146 cm³/mol. The lowest BCUT2D eigenvalue weighted by molar-refractivity contribution is -0.00210. The van der Waals surface area contributed by atoms with Crippen molar-refractivity contribution in [3.8, 4) is 0 Å². The molecule has 0 saturated heterocycles. The standard InChI is InChI=1S/C28H60OSi2/c1-21(2,3)27(22(4,5)6,23(7,8)9)30(19)29-31(20)28(24(10,11)12,25(13,14)15)26(16,17)18/h1-20H3. The Kier molecular flexibility index (Phi) is 8.67. The van der Waals surface area contributed by atoms with Crippen molar-refractivity contribution in [2.45, 2.75) is 148 Å². The molecule has 31 heavy (non-hydrogen) atoms. The van der Waals surface area contributed by atoms with Gasteiger partial charge in [-0.3, -0.25) is 0 Å². The summed E-state index contributed by atoms with van der Waals surface area (Å²) in [6.45, 7) is 49.1. The van der Waals surface area contributed by atoms with Crippen LogP contribution < -0.4 is 0 Å². The van der Waals surface area contributed by atoms with Crippen molar-refractivity contribution in [2.24, 2.45) is 32.5 Å². The van der Waals surface area contributed by atoms with Gasteiger partial charge in [-0.15, -0.1) is 0 Å². The Morgan fingerprint density at radius 3 is 0.548 bits per heavy atom. The fourth-order valence-corrected chi connectivity index (χ4v) is 19.7. The molecule has 0 aromatic rings. The summed E-state index contributed by atoms with van der Waals surface area (Å²) in [6.07, 6.45) is 0. The Labute approximate surface area is 202 Å². The molecule has 1 nitrogen and oxygen atoms in total. The highest BCUT2D eigenvalue weighted by Crippen LogP contribution is 2.72. The van der Waals surface area contributed by atoms with Gasteiger partial charge in [0.05, 0.1) is 0 Å². The monoisotopic (exact) mass is 468 g/mol. The van der Waals surface area contributed by atoms with Crippen molar-refractivity contribution in [3.05, 3.63) is 0 Å². The molecule has 0 bridgehead atoms. The maximum atomic E-state index is 7.54. The van der Waals surface area contributed by atoms with E-state index in [1.165, 1.54) is 0 Å². The molecule has 0 aromatic heterocycles.